The SMILES string of the molecule is COc1cc(O)ccc1C1C2=CCC3C(=O)N(c4ccc(C)c(Cl)c4)C(=O)C3C2CC2=C1C(=O)C=C(C)C2=O. The molecule has 0 spiro atoms. The van der Waals surface area contributed by atoms with Crippen LogP contribution in [0.15, 0.2) is 70.8 Å². The van der Waals surface area contributed by atoms with Crippen LogP contribution >= 0.6 is 11.6 Å². The van der Waals surface area contributed by atoms with Crippen LogP contribution in [0.5, 0.6) is 11.5 Å². The Morgan fingerprint density at radius 1 is 1.00 bits per heavy atom. The normalized spacial score (nSPS) is 26.2. The summed E-state index contributed by atoms with van der Waals surface area (Å²) in [5.41, 5.74) is 3.78. The summed E-state index contributed by atoms with van der Waals surface area (Å²) in [6.45, 7) is 3.46. The number of hydrogen-bond acceptors (Lipinski definition) is 6. The average Bonchev–Trinajstić information content (AvgIpc) is 3.17. The lowest BCUT2D eigenvalue weighted by molar-refractivity contribution is -0.123. The zero-order chi connectivity index (χ0) is 27.7. The monoisotopic (exact) mass is 543 g/mol. The van der Waals surface area contributed by atoms with Gasteiger partial charge in [0.15, 0.2) is 11.6 Å². The Balaban J connectivity index is 1.50. The van der Waals surface area contributed by atoms with Crippen LogP contribution in [-0.4, -0.2) is 35.6 Å². The molecule has 1 fully saturated rings. The van der Waals surface area contributed by atoms with Crippen molar-refractivity contribution in [3.8, 4) is 11.5 Å². The van der Waals surface area contributed by atoms with E-state index >= 15 is 0 Å². The first-order valence-corrected chi connectivity index (χ1v) is 13.2. The molecule has 0 radical (unpaired) electrons. The summed E-state index contributed by atoms with van der Waals surface area (Å²) in [6.07, 6.45) is 3.83. The van der Waals surface area contributed by atoms with E-state index in [9.17, 15) is 24.3 Å². The van der Waals surface area contributed by atoms with Gasteiger partial charge in [0.2, 0.25) is 11.8 Å². The minimum atomic E-state index is -0.689. The number of hydrogen-bond donors (Lipinski definition) is 1. The number of halogens is 1. The van der Waals surface area contributed by atoms with Crippen LogP contribution in [0.4, 0.5) is 5.69 Å². The number of methoxy groups -OCH3 is 1. The standard InChI is InChI=1S/C31H26ClNO6/c1-14-4-5-16(11-23(14)32)33-30(37)20-9-8-18-21(27(20)31(33)38)13-22-28(24(35)10-15(2)29(22)36)26(18)19-7-6-17(34)12-25(19)39-3/h4-8,10-12,20-21,26-27,34H,9,13H2,1-3H3. The largest absolute Gasteiger partial charge is 0.508 e. The van der Waals surface area contributed by atoms with E-state index < -0.39 is 23.7 Å². The fourth-order valence-electron chi connectivity index (χ4n) is 6.65. The number of aromatic hydroxyl groups is 1. The first-order valence-electron chi connectivity index (χ1n) is 12.8. The number of imide groups is 1. The Morgan fingerprint density at radius 3 is 2.49 bits per heavy atom. The molecule has 1 N–H and O–H groups in total. The van der Waals surface area contributed by atoms with Crippen molar-refractivity contribution in [3.05, 3.63) is 87.0 Å². The van der Waals surface area contributed by atoms with Gasteiger partial charge in [-0.1, -0.05) is 35.4 Å². The second kappa shape index (κ2) is 9.06. The molecule has 7 nitrogen and oxygen atoms in total. The lowest BCUT2D eigenvalue weighted by Crippen LogP contribution is -2.39. The molecule has 0 bridgehead atoms. The van der Waals surface area contributed by atoms with Gasteiger partial charge in [-0.05, 0) is 62.4 Å². The van der Waals surface area contributed by atoms with Crippen LogP contribution in [0, 0.1) is 24.7 Å². The third-order valence-corrected chi connectivity index (χ3v) is 8.91. The van der Waals surface area contributed by atoms with E-state index in [2.05, 4.69) is 0 Å². The number of Topliss-reactive ketones (excluding diaryl/α,β-unsaturated/α-hetero) is 1. The van der Waals surface area contributed by atoms with E-state index in [-0.39, 0.29) is 35.6 Å². The summed E-state index contributed by atoms with van der Waals surface area (Å²) >= 11 is 6.33. The first kappa shape index (κ1) is 25.3. The second-order valence-electron chi connectivity index (χ2n) is 10.6. The van der Waals surface area contributed by atoms with Gasteiger partial charge in [0.25, 0.3) is 0 Å². The summed E-state index contributed by atoms with van der Waals surface area (Å²) in [5, 5.41) is 10.5. The molecule has 3 aliphatic carbocycles. The molecule has 0 aromatic heterocycles. The van der Waals surface area contributed by atoms with Gasteiger partial charge in [-0.25, -0.2) is 4.90 Å². The maximum atomic E-state index is 14.0. The number of carbonyl (C=O) groups is 4. The van der Waals surface area contributed by atoms with E-state index in [0.717, 1.165) is 11.1 Å². The molecule has 2 aromatic rings. The number of amides is 2. The van der Waals surface area contributed by atoms with E-state index in [1.54, 1.807) is 31.2 Å². The quantitative estimate of drug-likeness (QED) is 0.332. The Kier molecular flexibility index (Phi) is 5.88. The molecule has 2 amide bonds. The third kappa shape index (κ3) is 3.71. The zero-order valence-electron chi connectivity index (χ0n) is 21.7. The Morgan fingerprint density at radius 2 is 1.77 bits per heavy atom. The van der Waals surface area contributed by atoms with Crippen molar-refractivity contribution in [2.45, 2.75) is 32.6 Å². The van der Waals surface area contributed by atoms with Gasteiger partial charge in [0.1, 0.15) is 11.5 Å². The van der Waals surface area contributed by atoms with Gasteiger partial charge in [-0.3, -0.25) is 19.2 Å². The third-order valence-electron chi connectivity index (χ3n) is 8.50. The molecule has 1 saturated heterocycles. The second-order valence-corrected chi connectivity index (χ2v) is 11.0. The molecule has 198 valence electrons. The molecule has 4 unspecified atom stereocenters. The van der Waals surface area contributed by atoms with Gasteiger partial charge in [-0.15, -0.1) is 0 Å². The molecule has 39 heavy (non-hydrogen) atoms. The van der Waals surface area contributed by atoms with Crippen LogP contribution in [0.1, 0.15) is 36.8 Å². The van der Waals surface area contributed by atoms with Gasteiger partial charge in [0.05, 0.1) is 24.6 Å². The van der Waals surface area contributed by atoms with Crippen molar-refractivity contribution in [1.82, 2.24) is 0 Å². The lowest BCUT2D eigenvalue weighted by Gasteiger charge is -2.42. The van der Waals surface area contributed by atoms with Crippen LogP contribution in [0.2, 0.25) is 5.02 Å². The number of carbonyl (C=O) groups excluding carboxylic acids is 4. The van der Waals surface area contributed by atoms with Crippen molar-refractivity contribution in [1.29, 1.82) is 0 Å². The number of ether oxygens (including phenoxy) is 1. The van der Waals surface area contributed by atoms with E-state index in [1.807, 2.05) is 13.0 Å². The highest BCUT2D eigenvalue weighted by molar-refractivity contribution is 6.32. The number of phenols is 1. The first-order chi connectivity index (χ1) is 18.6. The zero-order valence-corrected chi connectivity index (χ0v) is 22.4. The molecule has 2 aromatic carbocycles. The minimum absolute atomic E-state index is 0.000561. The number of phenolic OH excluding ortho intramolecular Hbond substituents is 1. The number of fused-ring (bicyclic) bond motifs is 3. The Bertz CT molecular complexity index is 1600. The fourth-order valence-corrected chi connectivity index (χ4v) is 6.83. The van der Waals surface area contributed by atoms with Crippen molar-refractivity contribution < 1.29 is 29.0 Å². The van der Waals surface area contributed by atoms with Crippen molar-refractivity contribution in [2.75, 3.05) is 12.0 Å². The smallest absolute Gasteiger partial charge is 0.238 e. The van der Waals surface area contributed by atoms with Crippen molar-refractivity contribution >= 4 is 40.7 Å². The van der Waals surface area contributed by atoms with E-state index in [1.165, 1.54) is 30.2 Å². The predicted octanol–water partition coefficient (Wildman–Crippen LogP) is 5.00. The highest BCUT2D eigenvalue weighted by Crippen LogP contribution is 2.56. The van der Waals surface area contributed by atoms with E-state index in [4.69, 9.17) is 16.3 Å². The van der Waals surface area contributed by atoms with Crippen molar-refractivity contribution in [2.24, 2.45) is 17.8 Å². The summed E-state index contributed by atoms with van der Waals surface area (Å²) in [5.74, 6) is -3.12. The molecule has 4 aliphatic rings. The lowest BCUT2D eigenvalue weighted by atomic mass is 9.59. The number of benzene rings is 2. The van der Waals surface area contributed by atoms with Gasteiger partial charge in [-0.2, -0.15) is 0 Å². The van der Waals surface area contributed by atoms with Gasteiger partial charge in [0, 0.05) is 39.3 Å². The number of allylic oxidation sites excluding steroid dienone is 6. The predicted molar refractivity (Wildman–Crippen MR) is 145 cm³/mol. The molecular formula is C31H26ClNO6. The number of nitrogens with zero attached hydrogens (tertiary/aromatic N) is 1. The summed E-state index contributed by atoms with van der Waals surface area (Å²) in [6, 6.07) is 9.78. The number of ketones is 2. The van der Waals surface area contributed by atoms with Crippen LogP contribution in [0.3, 0.4) is 0 Å². The number of aryl methyl sites for hydroxylation is 1. The summed E-state index contributed by atoms with van der Waals surface area (Å²) < 4.78 is 5.58. The molecule has 1 heterocycles. The molecule has 1 aliphatic heterocycles. The van der Waals surface area contributed by atoms with Gasteiger partial charge < -0.3 is 9.84 Å². The summed E-state index contributed by atoms with van der Waals surface area (Å²) in [4.78, 5) is 55.6. The maximum absolute atomic E-state index is 14.0. The molecular weight excluding hydrogens is 518 g/mol. The highest BCUT2D eigenvalue weighted by Gasteiger charge is 2.56. The molecule has 6 rings (SSSR count). The van der Waals surface area contributed by atoms with Gasteiger partial charge >= 0.3 is 0 Å². The maximum Gasteiger partial charge on any atom is 0.238 e. The fraction of sp³-hybridized carbons (Fsp3) is 0.290. The highest BCUT2D eigenvalue weighted by atomic mass is 35.5. The topological polar surface area (TPSA) is 101 Å². The van der Waals surface area contributed by atoms with Crippen molar-refractivity contribution in [3.63, 3.8) is 0 Å². The molecule has 0 saturated carbocycles. The van der Waals surface area contributed by atoms with Crippen LogP contribution in [-0.2, 0) is 19.2 Å². The van der Waals surface area contributed by atoms with E-state index in [0.29, 0.717) is 45.2 Å². The number of rotatable bonds is 3. The van der Waals surface area contributed by atoms with Crippen LogP contribution in [0.25, 0.3) is 0 Å². The minimum Gasteiger partial charge on any atom is -0.508 e. The Hall–Kier alpha value is -3.97. The average molecular weight is 544 g/mol. The molecule has 4 atom stereocenters. The Labute approximate surface area is 230 Å². The summed E-state index contributed by atoms with van der Waals surface area (Å²) in [7, 11) is 1.47. The number of anilines is 1. The van der Waals surface area contributed by atoms with Crippen LogP contribution < -0.4 is 9.64 Å². The molecule has 8 heteroatoms.